The van der Waals surface area contributed by atoms with E-state index in [9.17, 15) is 9.59 Å². The number of nitrogens with one attached hydrogen (secondary N) is 1. The van der Waals surface area contributed by atoms with Gasteiger partial charge in [-0.05, 0) is 54.8 Å². The fraction of sp³-hybridized carbons (Fsp3) is 0.200. The fourth-order valence-electron chi connectivity index (χ4n) is 3.18. The molecule has 8 heteroatoms. The van der Waals surface area contributed by atoms with Crippen molar-refractivity contribution in [2.45, 2.75) is 11.3 Å². The molecule has 0 bridgehead atoms. The third-order valence-electron chi connectivity index (χ3n) is 4.70. The Hall–Kier alpha value is -3.13. The molecule has 28 heavy (non-hydrogen) atoms. The number of aromatic nitrogens is 3. The molecule has 0 spiro atoms. The van der Waals surface area contributed by atoms with Crippen LogP contribution in [0.4, 0.5) is 11.4 Å². The van der Waals surface area contributed by atoms with E-state index in [0.717, 1.165) is 16.3 Å². The summed E-state index contributed by atoms with van der Waals surface area (Å²) < 4.78 is 1.64. The highest BCUT2D eigenvalue weighted by Gasteiger charge is 2.35. The van der Waals surface area contributed by atoms with Gasteiger partial charge in [0.15, 0.2) is 0 Å². The molecule has 1 aliphatic heterocycles. The normalized spacial score (nSPS) is 16.4. The highest BCUT2D eigenvalue weighted by Crippen LogP contribution is 2.28. The molecular weight excluding hydrogens is 374 g/mol. The number of thioether (sulfide) groups is 1. The summed E-state index contributed by atoms with van der Waals surface area (Å²) in [5.74, 6) is -0.550. The highest BCUT2D eigenvalue weighted by atomic mass is 32.2. The van der Waals surface area contributed by atoms with Gasteiger partial charge in [0.05, 0.1) is 11.6 Å². The molecule has 2 heterocycles. The van der Waals surface area contributed by atoms with Crippen molar-refractivity contribution in [3.05, 3.63) is 61.2 Å². The zero-order chi connectivity index (χ0) is 19.5. The van der Waals surface area contributed by atoms with Crippen LogP contribution in [-0.2, 0) is 9.59 Å². The summed E-state index contributed by atoms with van der Waals surface area (Å²) in [6.45, 7) is 0.389. The zero-order valence-electron chi connectivity index (χ0n) is 15.3. The minimum absolute atomic E-state index is 0.0291. The molecule has 7 nitrogen and oxygen atoms in total. The molecule has 2 amide bonds. The van der Waals surface area contributed by atoms with Gasteiger partial charge in [0.1, 0.15) is 12.7 Å². The van der Waals surface area contributed by atoms with Gasteiger partial charge in [-0.25, -0.2) is 9.67 Å². The largest absolute Gasteiger partial charge is 0.326 e. The van der Waals surface area contributed by atoms with Crippen molar-refractivity contribution >= 4 is 35.0 Å². The van der Waals surface area contributed by atoms with Crippen molar-refractivity contribution in [1.29, 1.82) is 0 Å². The average molecular weight is 393 g/mol. The second kappa shape index (κ2) is 7.85. The number of anilines is 2. The molecular formula is C20H19N5O2S. The van der Waals surface area contributed by atoms with Gasteiger partial charge in [-0.1, -0.05) is 0 Å². The molecule has 1 fully saturated rings. The van der Waals surface area contributed by atoms with Crippen LogP contribution in [0.2, 0.25) is 0 Å². The van der Waals surface area contributed by atoms with Gasteiger partial charge in [0, 0.05) is 29.2 Å². The van der Waals surface area contributed by atoms with Gasteiger partial charge in [-0.15, -0.1) is 11.8 Å². The summed E-state index contributed by atoms with van der Waals surface area (Å²) in [4.78, 5) is 31.8. The second-order valence-corrected chi connectivity index (χ2v) is 7.36. The summed E-state index contributed by atoms with van der Waals surface area (Å²) in [7, 11) is 0. The van der Waals surface area contributed by atoms with E-state index in [1.807, 2.05) is 54.8 Å². The van der Waals surface area contributed by atoms with E-state index in [1.165, 1.54) is 6.33 Å². The summed E-state index contributed by atoms with van der Waals surface area (Å²) in [5, 5.41) is 6.97. The molecule has 142 valence electrons. The van der Waals surface area contributed by atoms with Crippen LogP contribution in [0.3, 0.4) is 0 Å². The van der Waals surface area contributed by atoms with Crippen molar-refractivity contribution in [2.75, 3.05) is 23.0 Å². The topological polar surface area (TPSA) is 80.1 Å². The first-order chi connectivity index (χ1) is 13.6. The first kappa shape index (κ1) is 18.2. The summed E-state index contributed by atoms with van der Waals surface area (Å²) >= 11 is 1.65. The van der Waals surface area contributed by atoms with Crippen LogP contribution in [-0.4, -0.2) is 39.4 Å². The van der Waals surface area contributed by atoms with E-state index in [4.69, 9.17) is 0 Å². The lowest BCUT2D eigenvalue weighted by molar-refractivity contribution is -0.122. The Labute approximate surface area is 166 Å². The summed E-state index contributed by atoms with van der Waals surface area (Å²) in [6.07, 6.45) is 5.30. The van der Waals surface area contributed by atoms with Crippen molar-refractivity contribution in [2.24, 2.45) is 5.92 Å². The summed E-state index contributed by atoms with van der Waals surface area (Å²) in [6, 6.07) is 15.1. The number of rotatable bonds is 5. The molecule has 1 atom stereocenters. The first-order valence-electron chi connectivity index (χ1n) is 8.84. The van der Waals surface area contributed by atoms with Crippen LogP contribution >= 0.6 is 11.8 Å². The number of hydrogen-bond acceptors (Lipinski definition) is 5. The Morgan fingerprint density at radius 2 is 1.82 bits per heavy atom. The van der Waals surface area contributed by atoms with Gasteiger partial charge < -0.3 is 10.2 Å². The molecule has 1 saturated heterocycles. The van der Waals surface area contributed by atoms with Crippen molar-refractivity contribution in [3.8, 4) is 5.69 Å². The van der Waals surface area contributed by atoms with E-state index >= 15 is 0 Å². The number of hydrogen-bond donors (Lipinski definition) is 1. The van der Waals surface area contributed by atoms with Gasteiger partial charge in [-0.3, -0.25) is 9.59 Å². The van der Waals surface area contributed by atoms with Crippen molar-refractivity contribution in [1.82, 2.24) is 14.8 Å². The number of carbonyl (C=O) groups excluding carboxylic acids is 2. The van der Waals surface area contributed by atoms with Gasteiger partial charge in [0.25, 0.3) is 0 Å². The average Bonchev–Trinajstić information content (AvgIpc) is 3.39. The molecule has 0 saturated carbocycles. The molecule has 1 aliphatic rings. The molecule has 1 N–H and O–H groups in total. The van der Waals surface area contributed by atoms with Crippen molar-refractivity contribution in [3.63, 3.8) is 0 Å². The molecule has 0 radical (unpaired) electrons. The zero-order valence-corrected chi connectivity index (χ0v) is 16.1. The third-order valence-corrected chi connectivity index (χ3v) is 5.44. The van der Waals surface area contributed by atoms with Crippen LogP contribution in [0.5, 0.6) is 0 Å². The maximum Gasteiger partial charge on any atom is 0.229 e. The monoisotopic (exact) mass is 393 g/mol. The lowest BCUT2D eigenvalue weighted by Gasteiger charge is -2.17. The van der Waals surface area contributed by atoms with E-state index in [1.54, 1.807) is 27.7 Å². The van der Waals surface area contributed by atoms with Gasteiger partial charge in [-0.2, -0.15) is 5.10 Å². The fourth-order valence-corrected chi connectivity index (χ4v) is 3.59. The minimum atomic E-state index is -0.372. The van der Waals surface area contributed by atoms with E-state index in [2.05, 4.69) is 15.4 Å². The number of carbonyl (C=O) groups is 2. The Morgan fingerprint density at radius 1 is 1.11 bits per heavy atom. The van der Waals surface area contributed by atoms with Gasteiger partial charge >= 0.3 is 0 Å². The predicted octanol–water partition coefficient (Wildman–Crippen LogP) is 2.98. The molecule has 2 aromatic carbocycles. The van der Waals surface area contributed by atoms with E-state index < -0.39 is 0 Å². The number of benzene rings is 2. The van der Waals surface area contributed by atoms with Crippen LogP contribution in [0, 0.1) is 5.92 Å². The molecule has 0 aliphatic carbocycles. The minimum Gasteiger partial charge on any atom is -0.326 e. The van der Waals surface area contributed by atoms with E-state index in [-0.39, 0.29) is 24.2 Å². The van der Waals surface area contributed by atoms with Crippen molar-refractivity contribution < 1.29 is 9.59 Å². The SMILES string of the molecule is CSc1ccc(N2CC(C(=O)Nc3ccc(-n4cncn4)cc3)CC2=O)cc1. The molecule has 3 aromatic rings. The van der Waals surface area contributed by atoms with E-state index in [0.29, 0.717) is 12.2 Å². The molecule has 1 unspecified atom stereocenters. The Balaban J connectivity index is 1.40. The smallest absolute Gasteiger partial charge is 0.229 e. The first-order valence-corrected chi connectivity index (χ1v) is 10.1. The molecule has 4 rings (SSSR count). The van der Waals surface area contributed by atoms with Crippen LogP contribution in [0.1, 0.15) is 6.42 Å². The standard InChI is InChI=1S/C20H19N5O2S/c1-28-18-8-6-16(7-9-18)24-11-14(10-19(24)26)20(27)23-15-2-4-17(5-3-15)25-13-21-12-22-25/h2-9,12-14H,10-11H2,1H3,(H,23,27). The van der Waals surface area contributed by atoms with Crippen LogP contribution < -0.4 is 10.2 Å². The second-order valence-electron chi connectivity index (χ2n) is 6.48. The highest BCUT2D eigenvalue weighted by molar-refractivity contribution is 7.98. The maximum atomic E-state index is 12.6. The maximum absolute atomic E-state index is 12.6. The lowest BCUT2D eigenvalue weighted by Crippen LogP contribution is -2.28. The quantitative estimate of drug-likeness (QED) is 0.674. The number of nitrogens with zero attached hydrogens (tertiary/aromatic N) is 4. The summed E-state index contributed by atoms with van der Waals surface area (Å²) in [5.41, 5.74) is 2.37. The Morgan fingerprint density at radius 3 is 2.46 bits per heavy atom. The Bertz CT molecular complexity index is 971. The lowest BCUT2D eigenvalue weighted by atomic mass is 10.1. The third kappa shape index (κ3) is 3.77. The van der Waals surface area contributed by atoms with Crippen LogP contribution in [0.25, 0.3) is 5.69 Å². The van der Waals surface area contributed by atoms with Gasteiger partial charge in [0.2, 0.25) is 11.8 Å². The Kier molecular flexibility index (Phi) is 5.12. The predicted molar refractivity (Wildman–Crippen MR) is 109 cm³/mol. The number of amides is 2. The molecule has 1 aromatic heterocycles. The van der Waals surface area contributed by atoms with Crippen LogP contribution in [0.15, 0.2) is 66.1 Å².